The van der Waals surface area contributed by atoms with Gasteiger partial charge in [0.05, 0.1) is 6.61 Å². The van der Waals surface area contributed by atoms with E-state index in [1.54, 1.807) is 6.92 Å². The molecule has 0 aliphatic heterocycles. The highest BCUT2D eigenvalue weighted by Crippen LogP contribution is 2.02. The number of aliphatic hydroxyl groups is 1. The second-order valence-corrected chi connectivity index (χ2v) is 2.69. The number of hydrogen-bond acceptors (Lipinski definition) is 4. The van der Waals surface area contributed by atoms with E-state index in [-0.39, 0.29) is 13.2 Å². The number of aliphatic carboxylic acids is 1. The molecular formula is C9H15NO5. The Labute approximate surface area is 87.8 Å². The van der Waals surface area contributed by atoms with Gasteiger partial charge in [0, 0.05) is 6.54 Å². The second kappa shape index (κ2) is 6.83. The molecule has 0 spiro atoms. The molecule has 0 heterocycles. The smallest absolute Gasteiger partial charge is 0.410 e. The summed E-state index contributed by atoms with van der Waals surface area (Å²) in [4.78, 5) is 22.9. The number of amides is 1. The summed E-state index contributed by atoms with van der Waals surface area (Å²) in [5.41, 5.74) is 0. The molecule has 0 saturated heterocycles. The molecule has 0 aliphatic carbocycles. The SMILES string of the molecule is C=CCOC(=O)N(CC)C(CO)C(=O)O. The van der Waals surface area contributed by atoms with Gasteiger partial charge in [-0.05, 0) is 6.92 Å². The van der Waals surface area contributed by atoms with E-state index in [9.17, 15) is 9.59 Å². The Morgan fingerprint density at radius 3 is 2.53 bits per heavy atom. The molecule has 1 unspecified atom stereocenters. The van der Waals surface area contributed by atoms with Gasteiger partial charge in [-0.3, -0.25) is 4.90 Å². The van der Waals surface area contributed by atoms with Crippen molar-refractivity contribution in [2.75, 3.05) is 19.8 Å². The maximum atomic E-state index is 11.3. The summed E-state index contributed by atoms with van der Waals surface area (Å²) in [6.07, 6.45) is 0.597. The number of carbonyl (C=O) groups excluding carboxylic acids is 1. The van der Waals surface area contributed by atoms with Crippen LogP contribution in [0.15, 0.2) is 12.7 Å². The number of ether oxygens (including phenoxy) is 1. The third kappa shape index (κ3) is 3.99. The largest absolute Gasteiger partial charge is 0.480 e. The van der Waals surface area contributed by atoms with Gasteiger partial charge < -0.3 is 14.9 Å². The van der Waals surface area contributed by atoms with Crippen LogP contribution < -0.4 is 0 Å². The highest BCUT2D eigenvalue weighted by Gasteiger charge is 2.28. The van der Waals surface area contributed by atoms with Crippen LogP contribution in [-0.2, 0) is 9.53 Å². The number of carboxylic acid groups (broad SMARTS) is 1. The molecule has 0 aliphatic rings. The topological polar surface area (TPSA) is 87.1 Å². The Morgan fingerprint density at radius 1 is 1.60 bits per heavy atom. The van der Waals surface area contributed by atoms with Crippen molar-refractivity contribution in [2.24, 2.45) is 0 Å². The van der Waals surface area contributed by atoms with Crippen molar-refractivity contribution in [3.05, 3.63) is 12.7 Å². The minimum Gasteiger partial charge on any atom is -0.480 e. The van der Waals surface area contributed by atoms with Crippen molar-refractivity contribution < 1.29 is 24.5 Å². The minimum absolute atomic E-state index is 0.00704. The first-order valence-electron chi connectivity index (χ1n) is 4.46. The summed E-state index contributed by atoms with van der Waals surface area (Å²) in [5, 5.41) is 17.5. The van der Waals surface area contributed by atoms with Crippen LogP contribution in [0.1, 0.15) is 6.92 Å². The van der Waals surface area contributed by atoms with Crippen molar-refractivity contribution in [2.45, 2.75) is 13.0 Å². The predicted molar refractivity (Wildman–Crippen MR) is 52.4 cm³/mol. The molecule has 6 heteroatoms. The highest BCUT2D eigenvalue weighted by molar-refractivity contribution is 5.80. The summed E-state index contributed by atoms with van der Waals surface area (Å²) in [7, 11) is 0. The molecule has 1 atom stereocenters. The van der Waals surface area contributed by atoms with Crippen LogP contribution in [0.25, 0.3) is 0 Å². The first-order valence-corrected chi connectivity index (χ1v) is 4.46. The van der Waals surface area contributed by atoms with Gasteiger partial charge >= 0.3 is 12.1 Å². The molecule has 0 aromatic heterocycles. The van der Waals surface area contributed by atoms with E-state index < -0.39 is 24.7 Å². The van der Waals surface area contributed by atoms with E-state index >= 15 is 0 Å². The summed E-state index contributed by atoms with van der Waals surface area (Å²) < 4.78 is 4.67. The Kier molecular flexibility index (Phi) is 6.12. The summed E-state index contributed by atoms with van der Waals surface area (Å²) in [6.45, 7) is 4.46. The number of rotatable bonds is 6. The number of carbonyl (C=O) groups is 2. The van der Waals surface area contributed by atoms with Gasteiger partial charge in [-0.25, -0.2) is 9.59 Å². The zero-order valence-electron chi connectivity index (χ0n) is 8.55. The monoisotopic (exact) mass is 217 g/mol. The van der Waals surface area contributed by atoms with E-state index in [2.05, 4.69) is 11.3 Å². The molecule has 0 bridgehead atoms. The minimum atomic E-state index is -1.27. The van der Waals surface area contributed by atoms with Crippen molar-refractivity contribution in [1.82, 2.24) is 4.90 Å². The van der Waals surface area contributed by atoms with Crippen LogP contribution >= 0.6 is 0 Å². The molecule has 1 amide bonds. The van der Waals surface area contributed by atoms with E-state index in [4.69, 9.17) is 10.2 Å². The first-order chi connectivity index (χ1) is 7.08. The van der Waals surface area contributed by atoms with Crippen LogP contribution in [0, 0.1) is 0 Å². The maximum Gasteiger partial charge on any atom is 0.410 e. The lowest BCUT2D eigenvalue weighted by molar-refractivity contribution is -0.144. The van der Waals surface area contributed by atoms with Gasteiger partial charge in [-0.15, -0.1) is 0 Å². The van der Waals surface area contributed by atoms with Gasteiger partial charge in [-0.2, -0.15) is 0 Å². The summed E-state index contributed by atoms with van der Waals surface area (Å²) in [6, 6.07) is -1.27. The zero-order chi connectivity index (χ0) is 11.8. The van der Waals surface area contributed by atoms with E-state index in [0.717, 1.165) is 4.90 Å². The predicted octanol–water partition coefficient (Wildman–Crippen LogP) is 0.0764. The van der Waals surface area contributed by atoms with Crippen LogP contribution in [-0.4, -0.2) is 53.0 Å². The lowest BCUT2D eigenvalue weighted by Gasteiger charge is -2.25. The molecule has 0 aromatic carbocycles. The average Bonchev–Trinajstić information content (AvgIpc) is 2.21. The van der Waals surface area contributed by atoms with Gasteiger partial charge in [0.25, 0.3) is 0 Å². The fourth-order valence-corrected chi connectivity index (χ4v) is 1.000. The van der Waals surface area contributed by atoms with Crippen molar-refractivity contribution in [3.8, 4) is 0 Å². The first kappa shape index (κ1) is 13.4. The number of carboxylic acids is 1. The van der Waals surface area contributed by atoms with Crippen LogP contribution in [0.3, 0.4) is 0 Å². The van der Waals surface area contributed by atoms with Crippen LogP contribution in [0.4, 0.5) is 4.79 Å². The zero-order valence-corrected chi connectivity index (χ0v) is 8.55. The van der Waals surface area contributed by atoms with Gasteiger partial charge in [0.15, 0.2) is 6.04 Å². The van der Waals surface area contributed by atoms with Crippen molar-refractivity contribution in [3.63, 3.8) is 0 Å². The molecule has 0 aromatic rings. The molecule has 0 saturated carbocycles. The van der Waals surface area contributed by atoms with Crippen LogP contribution in [0.2, 0.25) is 0 Å². The van der Waals surface area contributed by atoms with Crippen molar-refractivity contribution >= 4 is 12.1 Å². The average molecular weight is 217 g/mol. The molecule has 0 radical (unpaired) electrons. The van der Waals surface area contributed by atoms with Crippen molar-refractivity contribution in [1.29, 1.82) is 0 Å². The van der Waals surface area contributed by atoms with Crippen LogP contribution in [0.5, 0.6) is 0 Å². The molecular weight excluding hydrogens is 202 g/mol. The van der Waals surface area contributed by atoms with E-state index in [1.807, 2.05) is 0 Å². The molecule has 2 N–H and O–H groups in total. The second-order valence-electron chi connectivity index (χ2n) is 2.69. The fraction of sp³-hybridized carbons (Fsp3) is 0.556. The van der Waals surface area contributed by atoms with Gasteiger partial charge in [0.1, 0.15) is 6.61 Å². The number of hydrogen-bond donors (Lipinski definition) is 2. The van der Waals surface area contributed by atoms with E-state index in [1.165, 1.54) is 6.08 Å². The molecule has 86 valence electrons. The Hall–Kier alpha value is -1.56. The quantitative estimate of drug-likeness (QED) is 0.615. The number of aliphatic hydroxyl groups excluding tert-OH is 1. The molecule has 6 nitrogen and oxygen atoms in total. The third-order valence-electron chi connectivity index (χ3n) is 1.73. The molecule has 0 rings (SSSR count). The van der Waals surface area contributed by atoms with Gasteiger partial charge in [0.2, 0.25) is 0 Å². The standard InChI is InChI=1S/C9H15NO5/c1-3-5-15-9(14)10(4-2)7(6-11)8(12)13/h3,7,11H,1,4-6H2,2H3,(H,12,13). The number of likely N-dealkylation sites (N-methyl/N-ethyl adjacent to an activating group) is 1. The fourth-order valence-electron chi connectivity index (χ4n) is 1.000. The maximum absolute atomic E-state index is 11.3. The highest BCUT2D eigenvalue weighted by atomic mass is 16.6. The van der Waals surface area contributed by atoms with E-state index in [0.29, 0.717) is 0 Å². The molecule has 15 heavy (non-hydrogen) atoms. The Balaban J connectivity index is 4.49. The normalized spacial score (nSPS) is 11.6. The lowest BCUT2D eigenvalue weighted by Crippen LogP contribution is -2.47. The third-order valence-corrected chi connectivity index (χ3v) is 1.73. The Morgan fingerprint density at radius 2 is 2.20 bits per heavy atom. The number of nitrogens with zero attached hydrogens (tertiary/aromatic N) is 1. The summed E-state index contributed by atoms with van der Waals surface area (Å²) >= 11 is 0. The summed E-state index contributed by atoms with van der Waals surface area (Å²) in [5.74, 6) is -1.27. The lowest BCUT2D eigenvalue weighted by atomic mass is 10.3. The molecule has 0 fully saturated rings. The van der Waals surface area contributed by atoms with Gasteiger partial charge in [-0.1, -0.05) is 12.7 Å². The Bertz CT molecular complexity index is 241.